The molecule has 1 rings (SSSR count). The minimum Gasteiger partial charge on any atom is -0.481 e. The first-order valence-corrected chi connectivity index (χ1v) is 7.06. The highest BCUT2D eigenvalue weighted by atomic mass is 79.9. The molecule has 0 saturated carbocycles. The summed E-state index contributed by atoms with van der Waals surface area (Å²) in [6.07, 6.45) is 1.13. The Morgan fingerprint density at radius 2 is 1.84 bits per heavy atom. The highest BCUT2D eigenvalue weighted by molar-refractivity contribution is 9.10. The van der Waals surface area contributed by atoms with Gasteiger partial charge in [0.25, 0.3) is 0 Å². The Labute approximate surface area is 121 Å². The molecule has 0 aliphatic rings. The molecule has 0 unspecified atom stereocenters. The summed E-state index contributed by atoms with van der Waals surface area (Å²) < 4.78 is 0.972. The molecular formula is C14H18BrNO3. The van der Waals surface area contributed by atoms with Crippen LogP contribution >= 0.6 is 15.9 Å². The lowest BCUT2D eigenvalue weighted by atomic mass is 10.1. The van der Waals surface area contributed by atoms with E-state index in [1.165, 1.54) is 0 Å². The molecule has 0 aliphatic carbocycles. The lowest BCUT2D eigenvalue weighted by Crippen LogP contribution is -2.34. The zero-order valence-electron chi connectivity index (χ0n) is 10.9. The molecular weight excluding hydrogens is 310 g/mol. The molecule has 0 aromatic heterocycles. The molecule has 0 heterocycles. The van der Waals surface area contributed by atoms with Crippen molar-refractivity contribution in [2.75, 3.05) is 13.1 Å². The lowest BCUT2D eigenvalue weighted by molar-refractivity contribution is -0.138. The maximum Gasteiger partial charge on any atom is 0.305 e. The Hall–Kier alpha value is -1.36. The summed E-state index contributed by atoms with van der Waals surface area (Å²) in [5, 5.41) is 8.69. The van der Waals surface area contributed by atoms with Gasteiger partial charge in [0.15, 0.2) is 0 Å². The van der Waals surface area contributed by atoms with Gasteiger partial charge in [-0.2, -0.15) is 0 Å². The van der Waals surface area contributed by atoms with Crippen LogP contribution in [0.3, 0.4) is 0 Å². The van der Waals surface area contributed by atoms with Crippen molar-refractivity contribution in [3.63, 3.8) is 0 Å². The number of amides is 1. The van der Waals surface area contributed by atoms with Crippen molar-refractivity contribution in [1.82, 2.24) is 4.90 Å². The molecule has 5 heteroatoms. The van der Waals surface area contributed by atoms with E-state index in [0.717, 1.165) is 16.5 Å². The van der Waals surface area contributed by atoms with Gasteiger partial charge >= 0.3 is 5.97 Å². The van der Waals surface area contributed by atoms with Crippen LogP contribution in [-0.2, 0) is 16.0 Å². The smallest absolute Gasteiger partial charge is 0.305 e. The van der Waals surface area contributed by atoms with Crippen molar-refractivity contribution in [2.45, 2.75) is 26.2 Å². The van der Waals surface area contributed by atoms with Crippen LogP contribution in [0.25, 0.3) is 0 Å². The van der Waals surface area contributed by atoms with Crippen LogP contribution in [-0.4, -0.2) is 35.0 Å². The molecule has 0 aliphatic heterocycles. The quantitative estimate of drug-likeness (QED) is 0.837. The molecule has 0 bridgehead atoms. The van der Waals surface area contributed by atoms with Gasteiger partial charge in [-0.25, -0.2) is 0 Å². The summed E-state index contributed by atoms with van der Waals surface area (Å²) in [6, 6.07) is 7.57. The zero-order chi connectivity index (χ0) is 14.3. The second-order valence-corrected chi connectivity index (χ2v) is 5.24. The highest BCUT2D eigenvalue weighted by Gasteiger charge is 2.14. The standard InChI is InChI=1S/C14H18BrNO3/c1-2-8-16(9-7-14(18)19)13(17)10-11-3-5-12(15)6-4-11/h3-6H,2,7-10H2,1H3,(H,18,19). The van der Waals surface area contributed by atoms with E-state index in [0.29, 0.717) is 13.0 Å². The van der Waals surface area contributed by atoms with E-state index in [2.05, 4.69) is 15.9 Å². The zero-order valence-corrected chi connectivity index (χ0v) is 12.5. The van der Waals surface area contributed by atoms with Gasteiger partial charge in [0.05, 0.1) is 12.8 Å². The van der Waals surface area contributed by atoms with Crippen LogP contribution in [0, 0.1) is 0 Å². The first-order chi connectivity index (χ1) is 9.02. The van der Waals surface area contributed by atoms with Gasteiger partial charge in [-0.05, 0) is 24.1 Å². The third kappa shape index (κ3) is 5.87. The highest BCUT2D eigenvalue weighted by Crippen LogP contribution is 2.12. The third-order valence-corrected chi connectivity index (χ3v) is 3.24. The second kappa shape index (κ2) is 7.94. The number of aliphatic carboxylic acids is 1. The van der Waals surface area contributed by atoms with Gasteiger partial charge in [-0.15, -0.1) is 0 Å². The van der Waals surface area contributed by atoms with E-state index >= 15 is 0 Å². The van der Waals surface area contributed by atoms with Gasteiger partial charge in [-0.1, -0.05) is 35.0 Å². The predicted molar refractivity (Wildman–Crippen MR) is 77.0 cm³/mol. The molecule has 0 spiro atoms. The summed E-state index contributed by atoms with van der Waals surface area (Å²) in [7, 11) is 0. The molecule has 104 valence electrons. The van der Waals surface area contributed by atoms with Crippen molar-refractivity contribution in [3.8, 4) is 0 Å². The average molecular weight is 328 g/mol. The monoisotopic (exact) mass is 327 g/mol. The number of carbonyl (C=O) groups is 2. The number of hydrogen-bond acceptors (Lipinski definition) is 2. The second-order valence-electron chi connectivity index (χ2n) is 4.33. The molecule has 1 aromatic carbocycles. The summed E-state index contributed by atoms with van der Waals surface area (Å²) in [4.78, 5) is 24.3. The molecule has 0 atom stereocenters. The lowest BCUT2D eigenvalue weighted by Gasteiger charge is -2.21. The van der Waals surface area contributed by atoms with Crippen molar-refractivity contribution in [3.05, 3.63) is 34.3 Å². The van der Waals surface area contributed by atoms with E-state index < -0.39 is 5.97 Å². The number of benzene rings is 1. The Balaban J connectivity index is 2.60. The van der Waals surface area contributed by atoms with Crippen LogP contribution in [0.4, 0.5) is 0 Å². The summed E-state index contributed by atoms with van der Waals surface area (Å²) in [6.45, 7) is 2.85. The Bertz CT molecular complexity index is 431. The molecule has 4 nitrogen and oxygen atoms in total. The van der Waals surface area contributed by atoms with Gasteiger partial charge in [0, 0.05) is 17.6 Å². The van der Waals surface area contributed by atoms with Gasteiger partial charge in [0.2, 0.25) is 5.91 Å². The van der Waals surface area contributed by atoms with Crippen LogP contribution in [0.15, 0.2) is 28.7 Å². The number of hydrogen-bond donors (Lipinski definition) is 1. The van der Waals surface area contributed by atoms with E-state index in [1.807, 2.05) is 31.2 Å². The number of halogens is 1. The largest absolute Gasteiger partial charge is 0.481 e. The maximum atomic E-state index is 12.1. The van der Waals surface area contributed by atoms with Crippen LogP contribution in [0.1, 0.15) is 25.3 Å². The number of carboxylic acid groups (broad SMARTS) is 1. The molecule has 0 fully saturated rings. The average Bonchev–Trinajstić information content (AvgIpc) is 2.37. The fourth-order valence-corrected chi connectivity index (χ4v) is 2.01. The van der Waals surface area contributed by atoms with Crippen molar-refractivity contribution >= 4 is 27.8 Å². The fourth-order valence-electron chi connectivity index (χ4n) is 1.75. The third-order valence-electron chi connectivity index (χ3n) is 2.71. The maximum absolute atomic E-state index is 12.1. The first-order valence-electron chi connectivity index (χ1n) is 6.27. The molecule has 1 N–H and O–H groups in total. The van der Waals surface area contributed by atoms with Crippen LogP contribution < -0.4 is 0 Å². The summed E-state index contributed by atoms with van der Waals surface area (Å²) in [5.74, 6) is -0.900. The number of carbonyl (C=O) groups excluding carboxylic acids is 1. The minimum absolute atomic E-state index is 0.00786. The Morgan fingerprint density at radius 3 is 2.37 bits per heavy atom. The molecule has 19 heavy (non-hydrogen) atoms. The van der Waals surface area contributed by atoms with Gasteiger partial charge in [-0.3, -0.25) is 9.59 Å². The summed E-state index contributed by atoms with van der Waals surface area (Å²) >= 11 is 3.35. The normalized spacial score (nSPS) is 10.2. The topological polar surface area (TPSA) is 57.6 Å². The molecule has 1 aromatic rings. The van der Waals surface area contributed by atoms with E-state index in [4.69, 9.17) is 5.11 Å². The Morgan fingerprint density at radius 1 is 1.21 bits per heavy atom. The van der Waals surface area contributed by atoms with Crippen molar-refractivity contribution in [2.24, 2.45) is 0 Å². The van der Waals surface area contributed by atoms with E-state index in [1.54, 1.807) is 4.90 Å². The number of carboxylic acids is 1. The minimum atomic E-state index is -0.877. The number of nitrogens with zero attached hydrogens (tertiary/aromatic N) is 1. The van der Waals surface area contributed by atoms with Crippen LogP contribution in [0.2, 0.25) is 0 Å². The number of rotatable bonds is 7. The van der Waals surface area contributed by atoms with E-state index in [9.17, 15) is 9.59 Å². The van der Waals surface area contributed by atoms with Crippen LogP contribution in [0.5, 0.6) is 0 Å². The Kier molecular flexibility index (Phi) is 6.56. The predicted octanol–water partition coefficient (Wildman–Crippen LogP) is 2.70. The SMILES string of the molecule is CCCN(CCC(=O)O)C(=O)Cc1ccc(Br)cc1. The van der Waals surface area contributed by atoms with Crippen molar-refractivity contribution < 1.29 is 14.7 Å². The summed E-state index contributed by atoms with van der Waals surface area (Å²) in [5.41, 5.74) is 0.935. The molecule has 1 amide bonds. The first kappa shape index (κ1) is 15.7. The molecule has 0 saturated heterocycles. The van der Waals surface area contributed by atoms with Gasteiger partial charge in [0.1, 0.15) is 0 Å². The van der Waals surface area contributed by atoms with Crippen molar-refractivity contribution in [1.29, 1.82) is 0 Å². The van der Waals surface area contributed by atoms with Gasteiger partial charge < -0.3 is 10.0 Å². The fraction of sp³-hybridized carbons (Fsp3) is 0.429. The van der Waals surface area contributed by atoms with E-state index in [-0.39, 0.29) is 18.9 Å². The molecule has 0 radical (unpaired) electrons.